The molecule has 0 amide bonds. The van der Waals surface area contributed by atoms with Crippen LogP contribution in [-0.4, -0.2) is 4.57 Å². The van der Waals surface area contributed by atoms with Crippen molar-refractivity contribution in [2.45, 2.75) is 0 Å². The molecule has 4 nitrogen and oxygen atoms in total. The smallest absolute Gasteiger partial charge is 0.137 e. The first kappa shape index (κ1) is 30.9. The van der Waals surface area contributed by atoms with Gasteiger partial charge in [-0.25, -0.2) is 0 Å². The van der Waals surface area contributed by atoms with Crippen LogP contribution in [-0.2, 0) is 0 Å². The number of furan rings is 2. The zero-order valence-corrected chi connectivity index (χ0v) is 30.2. The summed E-state index contributed by atoms with van der Waals surface area (Å²) < 4.78 is 15.2. The summed E-state index contributed by atoms with van der Waals surface area (Å²) in [7, 11) is 0. The predicted octanol–water partition coefficient (Wildman–Crippen LogP) is 14.9. The van der Waals surface area contributed by atoms with Crippen molar-refractivity contribution < 1.29 is 8.83 Å². The van der Waals surface area contributed by atoms with Gasteiger partial charge in [0.1, 0.15) is 22.3 Å². The molecule has 0 radical (unpaired) electrons. The standard InChI is InChI=1S/C52H32N2O2/c1-2-14-38-33(12-1)26-31-46-51(38)41-16-4-8-19-44(41)54(46)43-18-7-3-13-37(43)34-24-27-35(28-25-34)53(36-29-30-40-39-15-5-9-21-47(39)56-50(40)32-36)45-20-11-23-49-52(45)42-17-6-10-22-48(42)55-49/h1-32H. The van der Waals surface area contributed by atoms with Crippen LogP contribution < -0.4 is 4.90 Å². The molecule has 3 heterocycles. The van der Waals surface area contributed by atoms with Crippen molar-refractivity contribution in [3.8, 4) is 16.8 Å². The highest BCUT2D eigenvalue weighted by Crippen LogP contribution is 2.45. The van der Waals surface area contributed by atoms with E-state index in [1.807, 2.05) is 24.3 Å². The Kier molecular flexibility index (Phi) is 6.60. The van der Waals surface area contributed by atoms with Crippen LogP contribution in [0.1, 0.15) is 0 Å². The molecule has 12 aromatic rings. The molecule has 0 bridgehead atoms. The molecule has 262 valence electrons. The topological polar surface area (TPSA) is 34.5 Å². The maximum absolute atomic E-state index is 6.42. The normalized spacial score (nSPS) is 11.9. The molecule has 0 aliphatic heterocycles. The van der Waals surface area contributed by atoms with E-state index in [9.17, 15) is 0 Å². The maximum atomic E-state index is 6.42. The van der Waals surface area contributed by atoms with Gasteiger partial charge in [0, 0.05) is 49.9 Å². The number of rotatable bonds is 5. The lowest BCUT2D eigenvalue weighted by Crippen LogP contribution is -2.10. The summed E-state index contributed by atoms with van der Waals surface area (Å²) in [5, 5.41) is 9.41. The lowest BCUT2D eigenvalue weighted by Gasteiger charge is -2.26. The van der Waals surface area contributed by atoms with Crippen LogP contribution in [0.3, 0.4) is 0 Å². The summed E-state index contributed by atoms with van der Waals surface area (Å²) in [5.41, 5.74) is 12.3. The fraction of sp³-hybridized carbons (Fsp3) is 0. The zero-order chi connectivity index (χ0) is 36.7. The van der Waals surface area contributed by atoms with Gasteiger partial charge in [0.15, 0.2) is 0 Å². The van der Waals surface area contributed by atoms with Crippen LogP contribution in [0.15, 0.2) is 203 Å². The Labute approximate surface area is 321 Å². The Balaban J connectivity index is 1.05. The minimum Gasteiger partial charge on any atom is -0.456 e. The second-order valence-electron chi connectivity index (χ2n) is 14.5. The monoisotopic (exact) mass is 716 g/mol. The van der Waals surface area contributed by atoms with Gasteiger partial charge in [-0.3, -0.25) is 0 Å². The summed E-state index contributed by atoms with van der Waals surface area (Å²) in [6.07, 6.45) is 0. The Morgan fingerprint density at radius 2 is 1.02 bits per heavy atom. The van der Waals surface area contributed by atoms with Crippen molar-refractivity contribution in [1.82, 2.24) is 4.57 Å². The molecule has 0 spiro atoms. The average molecular weight is 717 g/mol. The Hall–Kier alpha value is -7.56. The molecule has 0 aliphatic rings. The lowest BCUT2D eigenvalue weighted by atomic mass is 10.0. The van der Waals surface area contributed by atoms with Crippen molar-refractivity contribution >= 4 is 93.5 Å². The van der Waals surface area contributed by atoms with E-state index in [1.54, 1.807) is 0 Å². The molecular formula is C52H32N2O2. The molecule has 0 N–H and O–H groups in total. The molecule has 0 aliphatic carbocycles. The number of benzene rings is 9. The minimum absolute atomic E-state index is 0.849. The van der Waals surface area contributed by atoms with Gasteiger partial charge in [-0.15, -0.1) is 0 Å². The molecule has 4 heteroatoms. The molecular weight excluding hydrogens is 685 g/mol. The fourth-order valence-corrected chi connectivity index (χ4v) is 8.92. The maximum Gasteiger partial charge on any atom is 0.137 e. The molecule has 0 fully saturated rings. The third-order valence-corrected chi connectivity index (χ3v) is 11.4. The van der Waals surface area contributed by atoms with E-state index in [1.165, 1.54) is 32.6 Å². The van der Waals surface area contributed by atoms with Crippen LogP contribution >= 0.6 is 0 Å². The first-order valence-corrected chi connectivity index (χ1v) is 19.0. The van der Waals surface area contributed by atoms with Crippen molar-refractivity contribution in [2.24, 2.45) is 0 Å². The van der Waals surface area contributed by atoms with E-state index in [0.717, 1.165) is 77.8 Å². The summed E-state index contributed by atoms with van der Waals surface area (Å²) >= 11 is 0. The number of nitrogens with zero attached hydrogens (tertiary/aromatic N) is 2. The van der Waals surface area contributed by atoms with Crippen LogP contribution in [0.2, 0.25) is 0 Å². The van der Waals surface area contributed by atoms with Gasteiger partial charge in [-0.05, 0) is 83.1 Å². The summed E-state index contributed by atoms with van der Waals surface area (Å²) in [6.45, 7) is 0. The second-order valence-corrected chi connectivity index (χ2v) is 14.5. The average Bonchev–Trinajstić information content (AvgIpc) is 3.94. The summed E-state index contributed by atoms with van der Waals surface area (Å²) in [6, 6.07) is 69.0. The van der Waals surface area contributed by atoms with E-state index in [0.29, 0.717) is 0 Å². The second kappa shape index (κ2) is 12.0. The molecule has 9 aromatic carbocycles. The fourth-order valence-electron chi connectivity index (χ4n) is 8.92. The minimum atomic E-state index is 0.849. The predicted molar refractivity (Wildman–Crippen MR) is 233 cm³/mol. The Bertz CT molecular complexity index is 3490. The van der Waals surface area contributed by atoms with Gasteiger partial charge in [0.05, 0.1) is 27.8 Å². The number of anilines is 3. The first-order valence-electron chi connectivity index (χ1n) is 19.0. The molecule has 0 saturated carbocycles. The van der Waals surface area contributed by atoms with Gasteiger partial charge in [0.25, 0.3) is 0 Å². The van der Waals surface area contributed by atoms with Crippen molar-refractivity contribution in [2.75, 3.05) is 4.90 Å². The van der Waals surface area contributed by atoms with Crippen LogP contribution in [0.5, 0.6) is 0 Å². The van der Waals surface area contributed by atoms with Gasteiger partial charge < -0.3 is 18.3 Å². The Morgan fingerprint density at radius 3 is 1.89 bits per heavy atom. The van der Waals surface area contributed by atoms with E-state index in [2.05, 4.69) is 179 Å². The molecule has 56 heavy (non-hydrogen) atoms. The van der Waals surface area contributed by atoms with Crippen molar-refractivity contribution in [3.63, 3.8) is 0 Å². The van der Waals surface area contributed by atoms with Gasteiger partial charge in [-0.2, -0.15) is 0 Å². The molecule has 0 unspecified atom stereocenters. The van der Waals surface area contributed by atoms with Crippen molar-refractivity contribution in [1.29, 1.82) is 0 Å². The highest BCUT2D eigenvalue weighted by Gasteiger charge is 2.22. The number of para-hydroxylation sites is 4. The number of aromatic nitrogens is 1. The Morgan fingerprint density at radius 1 is 0.375 bits per heavy atom. The molecule has 0 atom stereocenters. The van der Waals surface area contributed by atoms with Gasteiger partial charge >= 0.3 is 0 Å². The van der Waals surface area contributed by atoms with E-state index in [4.69, 9.17) is 8.83 Å². The van der Waals surface area contributed by atoms with Crippen molar-refractivity contribution in [3.05, 3.63) is 194 Å². The van der Waals surface area contributed by atoms with E-state index in [-0.39, 0.29) is 0 Å². The van der Waals surface area contributed by atoms with Crippen LogP contribution in [0.25, 0.3) is 93.3 Å². The SMILES string of the molecule is c1ccc(-n2c3ccccc3c3c4ccccc4ccc32)c(-c2ccc(N(c3ccc4c(c3)oc3ccccc34)c3cccc4oc5ccccc5c34)cc2)c1. The first-order chi connectivity index (χ1) is 27.8. The number of hydrogen-bond donors (Lipinski definition) is 0. The van der Waals surface area contributed by atoms with Crippen LogP contribution in [0, 0.1) is 0 Å². The summed E-state index contributed by atoms with van der Waals surface area (Å²) in [5.74, 6) is 0. The lowest BCUT2D eigenvalue weighted by molar-refractivity contribution is 0.669. The quantitative estimate of drug-likeness (QED) is 0.178. The van der Waals surface area contributed by atoms with E-state index >= 15 is 0 Å². The molecule has 12 rings (SSSR count). The third kappa shape index (κ3) is 4.53. The van der Waals surface area contributed by atoms with Gasteiger partial charge in [0.2, 0.25) is 0 Å². The highest BCUT2D eigenvalue weighted by atomic mass is 16.3. The largest absolute Gasteiger partial charge is 0.456 e. The molecule has 0 saturated heterocycles. The highest BCUT2D eigenvalue weighted by molar-refractivity contribution is 6.21. The van der Waals surface area contributed by atoms with Gasteiger partial charge in [-0.1, -0.05) is 121 Å². The third-order valence-electron chi connectivity index (χ3n) is 11.4. The van der Waals surface area contributed by atoms with E-state index < -0.39 is 0 Å². The zero-order valence-electron chi connectivity index (χ0n) is 30.2. The number of fused-ring (bicyclic) bond motifs is 11. The van der Waals surface area contributed by atoms with Crippen LogP contribution in [0.4, 0.5) is 17.1 Å². The summed E-state index contributed by atoms with van der Waals surface area (Å²) in [4.78, 5) is 2.32. The number of hydrogen-bond acceptors (Lipinski definition) is 3. The molecule has 3 aromatic heterocycles.